The molecule has 0 N–H and O–H groups in total. The summed E-state index contributed by atoms with van der Waals surface area (Å²) in [5.74, 6) is 2.09. The lowest BCUT2D eigenvalue weighted by atomic mass is 9.75. The van der Waals surface area contributed by atoms with E-state index in [2.05, 4.69) is 6.92 Å². The number of allylic oxidation sites excluding steroid dienone is 1. The van der Waals surface area contributed by atoms with Crippen LogP contribution in [0.15, 0.2) is 24.3 Å². The van der Waals surface area contributed by atoms with Gasteiger partial charge < -0.3 is 9.47 Å². The van der Waals surface area contributed by atoms with Crippen LogP contribution in [0.25, 0.3) is 0 Å². The topological polar surface area (TPSA) is 18.5 Å². The first kappa shape index (κ1) is 21.4. The van der Waals surface area contributed by atoms with Gasteiger partial charge >= 0.3 is 0 Å². The summed E-state index contributed by atoms with van der Waals surface area (Å²) >= 11 is 0. The van der Waals surface area contributed by atoms with Crippen molar-refractivity contribution < 1.29 is 13.9 Å². The summed E-state index contributed by atoms with van der Waals surface area (Å²) in [6, 6.07) is 3.82. The molecule has 0 aromatic heterocycles. The first-order valence-corrected chi connectivity index (χ1v) is 11.3. The molecule has 2 aliphatic rings. The zero-order valence-electron chi connectivity index (χ0n) is 17.9. The van der Waals surface area contributed by atoms with Gasteiger partial charge in [0.25, 0.3) is 0 Å². The van der Waals surface area contributed by atoms with Crippen molar-refractivity contribution in [3.63, 3.8) is 0 Å². The van der Waals surface area contributed by atoms with E-state index in [1.54, 1.807) is 6.07 Å². The Labute approximate surface area is 170 Å². The first-order valence-electron chi connectivity index (χ1n) is 11.3. The predicted octanol–water partition coefficient (Wildman–Crippen LogP) is 6.96. The van der Waals surface area contributed by atoms with E-state index in [4.69, 9.17) is 9.47 Å². The summed E-state index contributed by atoms with van der Waals surface area (Å²) in [6.07, 6.45) is 14.5. The molecule has 3 heteroatoms. The van der Waals surface area contributed by atoms with Crippen molar-refractivity contribution in [2.24, 2.45) is 11.8 Å². The second-order valence-electron chi connectivity index (χ2n) is 8.69. The summed E-state index contributed by atoms with van der Waals surface area (Å²) in [5.41, 5.74) is 1.80. The zero-order valence-corrected chi connectivity index (χ0v) is 17.9. The highest BCUT2D eigenvalue weighted by Crippen LogP contribution is 2.40. The minimum absolute atomic E-state index is 0.224. The van der Waals surface area contributed by atoms with E-state index in [0.717, 1.165) is 36.8 Å². The summed E-state index contributed by atoms with van der Waals surface area (Å²) in [6.45, 7) is 7.22. The molecule has 1 aromatic rings. The fraction of sp³-hybridized carbons (Fsp3) is 0.680. The minimum Gasteiger partial charge on any atom is -0.486 e. The molecular weight excluding hydrogens is 351 g/mol. The number of hydrogen-bond acceptors (Lipinski definition) is 2. The third-order valence-electron chi connectivity index (χ3n) is 6.83. The van der Waals surface area contributed by atoms with Gasteiger partial charge in [0.1, 0.15) is 6.61 Å². The van der Waals surface area contributed by atoms with Crippen molar-refractivity contribution in [1.29, 1.82) is 0 Å². The number of hydrogen-bond donors (Lipinski definition) is 0. The van der Waals surface area contributed by atoms with E-state index in [1.165, 1.54) is 38.5 Å². The van der Waals surface area contributed by atoms with Crippen LogP contribution in [-0.4, -0.2) is 19.3 Å². The minimum atomic E-state index is -0.224. The van der Waals surface area contributed by atoms with Crippen LogP contribution in [0.5, 0.6) is 5.75 Å². The molecule has 0 spiro atoms. The monoisotopic (exact) mass is 388 g/mol. The van der Waals surface area contributed by atoms with E-state index in [9.17, 15) is 4.39 Å². The molecule has 1 aliphatic carbocycles. The molecule has 0 amide bonds. The third-order valence-corrected chi connectivity index (χ3v) is 6.83. The van der Waals surface area contributed by atoms with Gasteiger partial charge in [-0.25, -0.2) is 4.39 Å². The van der Waals surface area contributed by atoms with Gasteiger partial charge in [-0.2, -0.15) is 0 Å². The SMILES string of the molecule is C/C=C/COc1ccc(C2CCC(C3CCC(CCC)CC3)OC2)c(C)c1F. The van der Waals surface area contributed by atoms with Crippen LogP contribution in [0.2, 0.25) is 0 Å². The Morgan fingerprint density at radius 2 is 1.93 bits per heavy atom. The average molecular weight is 389 g/mol. The van der Waals surface area contributed by atoms with Gasteiger partial charge in [0, 0.05) is 5.92 Å². The van der Waals surface area contributed by atoms with Gasteiger partial charge in [0.2, 0.25) is 0 Å². The van der Waals surface area contributed by atoms with Crippen molar-refractivity contribution in [3.05, 3.63) is 41.2 Å². The third kappa shape index (κ3) is 5.17. The smallest absolute Gasteiger partial charge is 0.168 e. The summed E-state index contributed by atoms with van der Waals surface area (Å²) in [4.78, 5) is 0. The van der Waals surface area contributed by atoms with Crippen molar-refractivity contribution >= 4 is 0 Å². The summed E-state index contributed by atoms with van der Waals surface area (Å²) in [7, 11) is 0. The maximum absolute atomic E-state index is 14.7. The number of halogens is 1. The molecule has 156 valence electrons. The highest BCUT2D eigenvalue weighted by Gasteiger charge is 2.32. The molecule has 3 rings (SSSR count). The lowest BCUT2D eigenvalue weighted by molar-refractivity contribution is -0.0437. The number of ether oxygens (including phenoxy) is 2. The molecule has 0 radical (unpaired) electrons. The Morgan fingerprint density at radius 1 is 1.14 bits per heavy atom. The standard InChI is InChI=1S/C25H37FO2/c1-4-6-16-27-24-15-13-22(18(3)25(24)26)21-12-14-23(28-17-21)20-10-8-19(7-5-2)9-11-20/h4,6,13,15,19-21,23H,5,7-12,14,16-17H2,1-3H3/b6-4+. The highest BCUT2D eigenvalue weighted by molar-refractivity contribution is 5.39. The lowest BCUT2D eigenvalue weighted by Crippen LogP contribution is -2.33. The molecule has 1 heterocycles. The Morgan fingerprint density at radius 3 is 2.57 bits per heavy atom. The van der Waals surface area contributed by atoms with Crippen LogP contribution in [-0.2, 0) is 4.74 Å². The van der Waals surface area contributed by atoms with Gasteiger partial charge in [0.15, 0.2) is 11.6 Å². The van der Waals surface area contributed by atoms with Crippen molar-refractivity contribution in [2.45, 2.75) is 84.2 Å². The maximum atomic E-state index is 14.7. The second kappa shape index (κ2) is 10.4. The molecule has 2 nitrogen and oxygen atoms in total. The largest absolute Gasteiger partial charge is 0.486 e. The fourth-order valence-corrected chi connectivity index (χ4v) is 5.11. The molecular formula is C25H37FO2. The van der Waals surface area contributed by atoms with Gasteiger partial charge in [-0.3, -0.25) is 0 Å². The Balaban J connectivity index is 1.54. The molecule has 0 bridgehead atoms. The molecule has 1 saturated carbocycles. The Hall–Kier alpha value is -1.35. The lowest BCUT2D eigenvalue weighted by Gasteiger charge is -2.38. The van der Waals surface area contributed by atoms with Crippen LogP contribution < -0.4 is 4.74 Å². The summed E-state index contributed by atoms with van der Waals surface area (Å²) in [5, 5.41) is 0. The molecule has 28 heavy (non-hydrogen) atoms. The number of benzene rings is 1. The molecule has 1 saturated heterocycles. The van der Waals surface area contributed by atoms with Gasteiger partial charge in [-0.15, -0.1) is 0 Å². The van der Waals surface area contributed by atoms with Crippen LogP contribution in [0.3, 0.4) is 0 Å². The Kier molecular flexibility index (Phi) is 7.96. The summed E-state index contributed by atoms with van der Waals surface area (Å²) < 4.78 is 26.6. The molecule has 2 unspecified atom stereocenters. The van der Waals surface area contributed by atoms with Gasteiger partial charge in [-0.1, -0.05) is 50.8 Å². The molecule has 1 aliphatic heterocycles. The van der Waals surface area contributed by atoms with Crippen LogP contribution >= 0.6 is 0 Å². The maximum Gasteiger partial charge on any atom is 0.168 e. The second-order valence-corrected chi connectivity index (χ2v) is 8.69. The van der Waals surface area contributed by atoms with Gasteiger partial charge in [-0.05, 0) is 68.6 Å². The van der Waals surface area contributed by atoms with E-state index >= 15 is 0 Å². The Bertz CT molecular complexity index is 638. The van der Waals surface area contributed by atoms with E-state index < -0.39 is 0 Å². The van der Waals surface area contributed by atoms with Crippen molar-refractivity contribution in [2.75, 3.05) is 13.2 Å². The highest BCUT2D eigenvalue weighted by atomic mass is 19.1. The quantitative estimate of drug-likeness (QED) is 0.470. The normalized spacial score (nSPS) is 28.6. The van der Waals surface area contributed by atoms with Crippen LogP contribution in [0, 0.1) is 24.6 Å². The van der Waals surface area contributed by atoms with Crippen LogP contribution in [0.4, 0.5) is 4.39 Å². The molecule has 2 fully saturated rings. The fourth-order valence-electron chi connectivity index (χ4n) is 5.11. The van der Waals surface area contributed by atoms with Gasteiger partial charge in [0.05, 0.1) is 12.7 Å². The van der Waals surface area contributed by atoms with E-state index in [0.29, 0.717) is 29.9 Å². The zero-order chi connectivity index (χ0) is 19.9. The predicted molar refractivity (Wildman–Crippen MR) is 114 cm³/mol. The average Bonchev–Trinajstić information content (AvgIpc) is 2.72. The van der Waals surface area contributed by atoms with Crippen molar-refractivity contribution in [1.82, 2.24) is 0 Å². The van der Waals surface area contributed by atoms with Crippen LogP contribution in [0.1, 0.15) is 82.3 Å². The van der Waals surface area contributed by atoms with Crippen molar-refractivity contribution in [3.8, 4) is 5.75 Å². The number of rotatable bonds is 7. The first-order chi connectivity index (χ1) is 13.6. The molecule has 1 aromatic carbocycles. The molecule has 2 atom stereocenters. The van der Waals surface area contributed by atoms with E-state index in [-0.39, 0.29) is 5.82 Å². The van der Waals surface area contributed by atoms with E-state index in [1.807, 2.05) is 32.1 Å².